The second kappa shape index (κ2) is 6.97. The van der Waals surface area contributed by atoms with Gasteiger partial charge < -0.3 is 10.5 Å². The van der Waals surface area contributed by atoms with Crippen LogP contribution in [0, 0.1) is 17.8 Å². The lowest BCUT2D eigenvalue weighted by atomic mass is 9.75. The van der Waals surface area contributed by atoms with E-state index in [-0.39, 0.29) is 6.10 Å². The van der Waals surface area contributed by atoms with Gasteiger partial charge in [0.15, 0.2) is 0 Å². The van der Waals surface area contributed by atoms with Crippen LogP contribution in [0.25, 0.3) is 0 Å². The van der Waals surface area contributed by atoms with E-state index in [0.29, 0.717) is 33.3 Å². The fraction of sp³-hybridized carbons (Fsp3) is 0.588. The lowest BCUT2D eigenvalue weighted by Gasteiger charge is -2.37. The third-order valence-corrected chi connectivity index (χ3v) is 4.98. The van der Waals surface area contributed by atoms with Crippen LogP contribution < -0.4 is 10.5 Å². The van der Waals surface area contributed by atoms with Crippen LogP contribution in [-0.4, -0.2) is 11.1 Å². The summed E-state index contributed by atoms with van der Waals surface area (Å²) in [5, 5.41) is 0.560. The molecular weight excluding hydrogens is 302 g/mol. The fourth-order valence-electron chi connectivity index (χ4n) is 3.25. The van der Waals surface area contributed by atoms with E-state index in [0.717, 1.165) is 12.2 Å². The van der Waals surface area contributed by atoms with Crippen LogP contribution in [0.2, 0.25) is 5.02 Å². The standard InChI is InChI=1S/C17H24ClNOS/c1-10(2)12-8-7-11(3)9-15(12)20-14-6-4-5-13(18)16(14)17(19)21/h4-6,10-12,15H,7-9H2,1-3H3,(H2,19,21). The van der Waals surface area contributed by atoms with E-state index in [2.05, 4.69) is 20.8 Å². The molecule has 4 heteroatoms. The van der Waals surface area contributed by atoms with Gasteiger partial charge >= 0.3 is 0 Å². The number of nitrogens with two attached hydrogens (primary N) is 1. The molecule has 2 N–H and O–H groups in total. The Hall–Kier alpha value is -0.800. The fourth-order valence-corrected chi connectivity index (χ4v) is 3.79. The summed E-state index contributed by atoms with van der Waals surface area (Å²) in [6.45, 7) is 6.83. The Bertz CT molecular complexity index is 518. The Morgan fingerprint density at radius 3 is 2.71 bits per heavy atom. The van der Waals surface area contributed by atoms with Gasteiger partial charge in [0.25, 0.3) is 0 Å². The highest BCUT2D eigenvalue weighted by molar-refractivity contribution is 7.80. The molecule has 0 aromatic heterocycles. The summed E-state index contributed by atoms with van der Waals surface area (Å²) in [6, 6.07) is 5.60. The third kappa shape index (κ3) is 3.89. The van der Waals surface area contributed by atoms with Gasteiger partial charge in [-0.3, -0.25) is 0 Å². The molecule has 2 rings (SSSR count). The zero-order chi connectivity index (χ0) is 15.6. The van der Waals surface area contributed by atoms with Crippen molar-refractivity contribution in [1.82, 2.24) is 0 Å². The second-order valence-electron chi connectivity index (χ2n) is 6.46. The molecule has 1 fully saturated rings. The minimum Gasteiger partial charge on any atom is -0.489 e. The average molecular weight is 326 g/mol. The molecule has 0 bridgehead atoms. The zero-order valence-electron chi connectivity index (χ0n) is 12.9. The van der Waals surface area contributed by atoms with Crippen molar-refractivity contribution in [3.05, 3.63) is 28.8 Å². The molecule has 0 heterocycles. The van der Waals surface area contributed by atoms with Gasteiger partial charge in [-0.25, -0.2) is 0 Å². The minimum absolute atomic E-state index is 0.209. The molecule has 1 saturated carbocycles. The summed E-state index contributed by atoms with van der Waals surface area (Å²) in [5.41, 5.74) is 6.47. The maximum absolute atomic E-state index is 6.32. The monoisotopic (exact) mass is 325 g/mol. The minimum atomic E-state index is 0.209. The molecule has 21 heavy (non-hydrogen) atoms. The van der Waals surface area contributed by atoms with E-state index in [4.69, 9.17) is 34.3 Å². The number of ether oxygens (including phenoxy) is 1. The molecule has 1 aromatic carbocycles. The Balaban J connectivity index is 2.27. The van der Waals surface area contributed by atoms with Crippen molar-refractivity contribution < 1.29 is 4.74 Å². The van der Waals surface area contributed by atoms with Crippen molar-refractivity contribution in [2.45, 2.75) is 46.1 Å². The van der Waals surface area contributed by atoms with Crippen LogP contribution in [0.3, 0.4) is 0 Å². The number of halogens is 1. The third-order valence-electron chi connectivity index (χ3n) is 4.46. The molecule has 0 amide bonds. The summed E-state index contributed by atoms with van der Waals surface area (Å²) in [5.74, 6) is 2.59. The summed E-state index contributed by atoms with van der Waals surface area (Å²) in [7, 11) is 0. The van der Waals surface area contributed by atoms with E-state index in [1.54, 1.807) is 6.07 Å². The van der Waals surface area contributed by atoms with Crippen molar-refractivity contribution in [3.8, 4) is 5.75 Å². The molecule has 3 atom stereocenters. The highest BCUT2D eigenvalue weighted by Gasteiger charge is 2.32. The Morgan fingerprint density at radius 1 is 1.38 bits per heavy atom. The molecule has 3 unspecified atom stereocenters. The molecule has 0 aliphatic heterocycles. The summed E-state index contributed by atoms with van der Waals surface area (Å²) in [6.07, 6.45) is 3.78. The number of rotatable bonds is 4. The number of hydrogen-bond acceptors (Lipinski definition) is 2. The van der Waals surface area contributed by atoms with Crippen molar-refractivity contribution >= 4 is 28.8 Å². The average Bonchev–Trinajstić information content (AvgIpc) is 2.37. The van der Waals surface area contributed by atoms with E-state index < -0.39 is 0 Å². The van der Waals surface area contributed by atoms with Crippen LogP contribution in [0.4, 0.5) is 0 Å². The zero-order valence-corrected chi connectivity index (χ0v) is 14.5. The number of thiocarbonyl (C=S) groups is 1. The smallest absolute Gasteiger partial charge is 0.131 e. The molecule has 1 aliphatic rings. The molecule has 0 spiro atoms. The van der Waals surface area contributed by atoms with Crippen LogP contribution in [-0.2, 0) is 0 Å². The first-order chi connectivity index (χ1) is 9.90. The van der Waals surface area contributed by atoms with Crippen molar-refractivity contribution in [1.29, 1.82) is 0 Å². The van der Waals surface area contributed by atoms with Gasteiger partial charge in [0, 0.05) is 0 Å². The van der Waals surface area contributed by atoms with E-state index in [1.165, 1.54) is 12.8 Å². The predicted molar refractivity (Wildman–Crippen MR) is 93.1 cm³/mol. The van der Waals surface area contributed by atoms with Crippen molar-refractivity contribution in [2.24, 2.45) is 23.5 Å². The van der Waals surface area contributed by atoms with Gasteiger partial charge in [0.2, 0.25) is 0 Å². The maximum Gasteiger partial charge on any atom is 0.131 e. The Kier molecular flexibility index (Phi) is 5.50. The summed E-state index contributed by atoms with van der Waals surface area (Å²) >= 11 is 11.3. The van der Waals surface area contributed by atoms with Gasteiger partial charge in [-0.15, -0.1) is 0 Å². The van der Waals surface area contributed by atoms with Gasteiger partial charge in [-0.05, 0) is 42.7 Å². The first-order valence-corrected chi connectivity index (χ1v) is 8.43. The van der Waals surface area contributed by atoms with E-state index in [1.807, 2.05) is 12.1 Å². The normalized spacial score (nSPS) is 25.9. The first-order valence-electron chi connectivity index (χ1n) is 7.65. The Morgan fingerprint density at radius 2 is 2.10 bits per heavy atom. The highest BCUT2D eigenvalue weighted by atomic mass is 35.5. The first kappa shape index (κ1) is 16.6. The van der Waals surface area contributed by atoms with Gasteiger partial charge in [0.1, 0.15) is 16.8 Å². The number of benzene rings is 1. The van der Waals surface area contributed by atoms with Crippen LogP contribution >= 0.6 is 23.8 Å². The van der Waals surface area contributed by atoms with Gasteiger partial charge in [-0.2, -0.15) is 0 Å². The molecule has 0 radical (unpaired) electrons. The molecule has 116 valence electrons. The summed E-state index contributed by atoms with van der Waals surface area (Å²) in [4.78, 5) is 0.292. The molecule has 1 aromatic rings. The highest BCUT2D eigenvalue weighted by Crippen LogP contribution is 2.37. The van der Waals surface area contributed by atoms with Gasteiger partial charge in [-0.1, -0.05) is 57.1 Å². The maximum atomic E-state index is 6.32. The lowest BCUT2D eigenvalue weighted by molar-refractivity contribution is 0.0459. The number of hydrogen-bond donors (Lipinski definition) is 1. The molecule has 2 nitrogen and oxygen atoms in total. The van der Waals surface area contributed by atoms with Crippen molar-refractivity contribution in [2.75, 3.05) is 0 Å². The lowest BCUT2D eigenvalue weighted by Crippen LogP contribution is -2.36. The summed E-state index contributed by atoms with van der Waals surface area (Å²) < 4.78 is 6.32. The Labute approximate surface area is 138 Å². The largest absolute Gasteiger partial charge is 0.489 e. The van der Waals surface area contributed by atoms with Gasteiger partial charge in [0.05, 0.1) is 10.6 Å². The van der Waals surface area contributed by atoms with Crippen molar-refractivity contribution in [3.63, 3.8) is 0 Å². The molecule has 1 aliphatic carbocycles. The topological polar surface area (TPSA) is 35.2 Å². The SMILES string of the molecule is CC1CCC(C(C)C)C(Oc2cccc(Cl)c2C(N)=S)C1. The molecular formula is C17H24ClNOS. The second-order valence-corrected chi connectivity index (χ2v) is 7.31. The predicted octanol–water partition coefficient (Wildman–Crippen LogP) is 4.81. The van der Waals surface area contributed by atoms with E-state index in [9.17, 15) is 0 Å². The van der Waals surface area contributed by atoms with Crippen LogP contribution in [0.5, 0.6) is 5.75 Å². The van der Waals surface area contributed by atoms with Crippen LogP contribution in [0.15, 0.2) is 18.2 Å². The quantitative estimate of drug-likeness (QED) is 0.806. The molecule has 0 saturated heterocycles. The van der Waals surface area contributed by atoms with Crippen LogP contribution in [0.1, 0.15) is 45.6 Å². The van der Waals surface area contributed by atoms with E-state index >= 15 is 0 Å².